The van der Waals surface area contributed by atoms with Crippen molar-refractivity contribution in [2.45, 2.75) is 58.0 Å². The van der Waals surface area contributed by atoms with E-state index in [-0.39, 0.29) is 24.9 Å². The molecule has 2 aliphatic rings. The Bertz CT molecular complexity index is 788. The van der Waals surface area contributed by atoms with Crippen LogP contribution in [0.2, 0.25) is 0 Å². The van der Waals surface area contributed by atoms with Gasteiger partial charge in [0.15, 0.2) is 0 Å². The summed E-state index contributed by atoms with van der Waals surface area (Å²) in [6, 6.07) is 7.10. The van der Waals surface area contributed by atoms with E-state index in [0.29, 0.717) is 19.4 Å². The Morgan fingerprint density at radius 1 is 1.16 bits per heavy atom. The lowest BCUT2D eigenvalue weighted by Gasteiger charge is -2.30. The van der Waals surface area contributed by atoms with Crippen LogP contribution in [0.5, 0.6) is 5.75 Å². The summed E-state index contributed by atoms with van der Waals surface area (Å²) in [6.45, 7) is 7.59. The molecule has 8 nitrogen and oxygen atoms in total. The van der Waals surface area contributed by atoms with Crippen molar-refractivity contribution in [1.82, 2.24) is 20.4 Å². The molecule has 0 radical (unpaired) electrons. The number of para-hydroxylation sites is 1. The van der Waals surface area contributed by atoms with Crippen LogP contribution in [-0.2, 0) is 16.1 Å². The van der Waals surface area contributed by atoms with Gasteiger partial charge in [0.2, 0.25) is 5.91 Å². The molecule has 170 valence electrons. The number of nitrogens with zero attached hydrogens (tertiary/aromatic N) is 2. The van der Waals surface area contributed by atoms with Gasteiger partial charge in [-0.2, -0.15) is 0 Å². The van der Waals surface area contributed by atoms with Crippen molar-refractivity contribution in [3.05, 3.63) is 29.8 Å². The molecular weight excluding hydrogens is 396 g/mol. The van der Waals surface area contributed by atoms with Crippen molar-refractivity contribution in [1.29, 1.82) is 0 Å². The Labute approximate surface area is 184 Å². The number of imide groups is 1. The van der Waals surface area contributed by atoms with Gasteiger partial charge in [-0.3, -0.25) is 14.5 Å². The van der Waals surface area contributed by atoms with E-state index >= 15 is 0 Å². The highest BCUT2D eigenvalue weighted by Gasteiger charge is 2.51. The predicted molar refractivity (Wildman–Crippen MR) is 118 cm³/mol. The van der Waals surface area contributed by atoms with Crippen molar-refractivity contribution < 1.29 is 19.1 Å². The highest BCUT2D eigenvalue weighted by Crippen LogP contribution is 2.33. The lowest BCUT2D eigenvalue weighted by Crippen LogP contribution is -2.49. The molecule has 1 aliphatic heterocycles. The molecular formula is C23H34N4O4. The van der Waals surface area contributed by atoms with Crippen LogP contribution in [0.4, 0.5) is 4.79 Å². The van der Waals surface area contributed by atoms with Gasteiger partial charge in [-0.1, -0.05) is 51.3 Å². The van der Waals surface area contributed by atoms with Gasteiger partial charge in [0.05, 0.1) is 0 Å². The third kappa shape index (κ3) is 5.55. The number of amides is 4. The van der Waals surface area contributed by atoms with Gasteiger partial charge >= 0.3 is 6.03 Å². The molecule has 0 atom stereocenters. The maximum absolute atomic E-state index is 12.8. The van der Waals surface area contributed by atoms with Crippen LogP contribution >= 0.6 is 0 Å². The minimum absolute atomic E-state index is 0.266. The molecule has 1 aromatic carbocycles. The van der Waals surface area contributed by atoms with E-state index in [4.69, 9.17) is 4.74 Å². The van der Waals surface area contributed by atoms with Crippen LogP contribution in [0.15, 0.2) is 24.3 Å². The second-order valence-corrected chi connectivity index (χ2v) is 8.22. The minimum atomic E-state index is -0.805. The summed E-state index contributed by atoms with van der Waals surface area (Å²) >= 11 is 0. The summed E-state index contributed by atoms with van der Waals surface area (Å²) < 4.78 is 5.92. The van der Waals surface area contributed by atoms with E-state index in [1.807, 2.05) is 24.3 Å². The van der Waals surface area contributed by atoms with Crippen LogP contribution in [-0.4, -0.2) is 66.0 Å². The number of carbonyl (C=O) groups is 3. The van der Waals surface area contributed by atoms with Crippen LogP contribution in [0.25, 0.3) is 0 Å². The highest BCUT2D eigenvalue weighted by molar-refractivity contribution is 6.09. The molecule has 3 rings (SSSR count). The molecule has 1 saturated heterocycles. The largest absolute Gasteiger partial charge is 0.492 e. The summed E-state index contributed by atoms with van der Waals surface area (Å²) in [6.07, 6.45) is 4.19. The van der Waals surface area contributed by atoms with Gasteiger partial charge < -0.3 is 20.3 Å². The van der Waals surface area contributed by atoms with Crippen LogP contribution in [0, 0.1) is 0 Å². The molecule has 31 heavy (non-hydrogen) atoms. The van der Waals surface area contributed by atoms with E-state index in [0.717, 1.165) is 55.1 Å². The van der Waals surface area contributed by atoms with Crippen molar-refractivity contribution in [3.8, 4) is 5.75 Å². The van der Waals surface area contributed by atoms with E-state index < -0.39 is 11.6 Å². The van der Waals surface area contributed by atoms with E-state index in [1.54, 1.807) is 0 Å². The van der Waals surface area contributed by atoms with Crippen molar-refractivity contribution in [3.63, 3.8) is 0 Å². The molecule has 1 aliphatic carbocycles. The number of hydrogen-bond acceptors (Lipinski definition) is 5. The summed E-state index contributed by atoms with van der Waals surface area (Å²) in [5, 5.41) is 5.65. The van der Waals surface area contributed by atoms with Gasteiger partial charge in [-0.05, 0) is 32.0 Å². The van der Waals surface area contributed by atoms with Crippen molar-refractivity contribution in [2.24, 2.45) is 0 Å². The van der Waals surface area contributed by atoms with Gasteiger partial charge in [-0.25, -0.2) is 4.79 Å². The van der Waals surface area contributed by atoms with E-state index in [2.05, 4.69) is 29.4 Å². The fraction of sp³-hybridized carbons (Fsp3) is 0.609. The SMILES string of the molecule is CCN(CC)CCOc1ccccc1CNC(=O)CN1C(=O)NC2(CCCCC2)C1=O. The predicted octanol–water partition coefficient (Wildman–Crippen LogP) is 2.28. The lowest BCUT2D eigenvalue weighted by molar-refractivity contribution is -0.135. The average Bonchev–Trinajstić information content (AvgIpc) is 3.00. The number of benzene rings is 1. The zero-order valence-electron chi connectivity index (χ0n) is 18.6. The molecule has 1 saturated carbocycles. The third-order valence-electron chi connectivity index (χ3n) is 6.26. The third-order valence-corrected chi connectivity index (χ3v) is 6.26. The molecule has 0 bridgehead atoms. The van der Waals surface area contributed by atoms with Crippen LogP contribution in [0.1, 0.15) is 51.5 Å². The molecule has 1 aromatic rings. The second kappa shape index (κ2) is 10.6. The molecule has 0 aromatic heterocycles. The minimum Gasteiger partial charge on any atom is -0.492 e. The average molecular weight is 431 g/mol. The van der Waals surface area contributed by atoms with Gasteiger partial charge in [0.1, 0.15) is 24.4 Å². The maximum Gasteiger partial charge on any atom is 0.325 e. The van der Waals surface area contributed by atoms with Gasteiger partial charge in [0.25, 0.3) is 5.91 Å². The number of rotatable bonds is 10. The molecule has 2 fully saturated rings. The molecule has 0 unspecified atom stereocenters. The number of likely N-dealkylation sites (N-methyl/N-ethyl adjacent to an activating group) is 1. The zero-order chi connectivity index (χ0) is 22.3. The number of nitrogens with one attached hydrogen (secondary N) is 2. The smallest absolute Gasteiger partial charge is 0.325 e. The number of carbonyl (C=O) groups excluding carboxylic acids is 3. The first-order valence-electron chi connectivity index (χ1n) is 11.3. The fourth-order valence-electron chi connectivity index (χ4n) is 4.32. The first-order chi connectivity index (χ1) is 15.0. The Morgan fingerprint density at radius 2 is 1.87 bits per heavy atom. The molecule has 4 amide bonds. The summed E-state index contributed by atoms with van der Waals surface area (Å²) in [7, 11) is 0. The standard InChI is InChI=1S/C23H34N4O4/c1-3-26(4-2)14-15-31-19-11-7-6-10-18(19)16-24-20(28)17-27-21(29)23(25-22(27)30)12-8-5-9-13-23/h6-7,10-11H,3-5,8-9,12-17H2,1-2H3,(H,24,28)(H,25,30). The Kier molecular flexibility index (Phi) is 7.90. The van der Waals surface area contributed by atoms with Crippen molar-refractivity contribution in [2.75, 3.05) is 32.8 Å². The molecule has 1 spiro atoms. The quantitative estimate of drug-likeness (QED) is 0.556. The normalized spacial score (nSPS) is 17.8. The first kappa shape index (κ1) is 23.1. The molecule has 1 heterocycles. The highest BCUT2D eigenvalue weighted by atomic mass is 16.5. The summed E-state index contributed by atoms with van der Waals surface area (Å²) in [5.74, 6) is 0.0906. The molecule has 8 heteroatoms. The number of urea groups is 1. The maximum atomic E-state index is 12.8. The summed E-state index contributed by atoms with van der Waals surface area (Å²) in [5.41, 5.74) is 0.0531. The van der Waals surface area contributed by atoms with Gasteiger partial charge in [-0.15, -0.1) is 0 Å². The Balaban J connectivity index is 1.52. The Morgan fingerprint density at radius 3 is 2.58 bits per heavy atom. The van der Waals surface area contributed by atoms with Crippen molar-refractivity contribution >= 4 is 17.8 Å². The van der Waals surface area contributed by atoms with E-state index in [1.165, 1.54) is 0 Å². The fourth-order valence-corrected chi connectivity index (χ4v) is 4.32. The number of hydrogen-bond donors (Lipinski definition) is 2. The summed E-state index contributed by atoms with van der Waals surface area (Å²) in [4.78, 5) is 41.0. The second-order valence-electron chi connectivity index (χ2n) is 8.22. The van der Waals surface area contributed by atoms with Crippen LogP contribution < -0.4 is 15.4 Å². The molecule has 2 N–H and O–H groups in total. The monoisotopic (exact) mass is 430 g/mol. The van der Waals surface area contributed by atoms with Crippen LogP contribution in [0.3, 0.4) is 0 Å². The first-order valence-corrected chi connectivity index (χ1v) is 11.3. The topological polar surface area (TPSA) is 91.0 Å². The van der Waals surface area contributed by atoms with E-state index in [9.17, 15) is 14.4 Å². The van der Waals surface area contributed by atoms with Gasteiger partial charge in [0, 0.05) is 18.7 Å². The number of ether oxygens (including phenoxy) is 1. The zero-order valence-corrected chi connectivity index (χ0v) is 18.6. The Hall–Kier alpha value is -2.61. The lowest BCUT2D eigenvalue weighted by atomic mass is 9.82.